The molecule has 1 amide bonds. The van der Waals surface area contributed by atoms with Gasteiger partial charge in [-0.05, 0) is 52.3 Å². The van der Waals surface area contributed by atoms with E-state index in [2.05, 4.69) is 10.4 Å². The molecule has 158 valence electrons. The Labute approximate surface area is 171 Å². The molecule has 0 fully saturated rings. The maximum Gasteiger partial charge on any atom is 0.339 e. The van der Waals surface area contributed by atoms with Gasteiger partial charge in [0.05, 0.1) is 35.9 Å². The number of amides is 1. The number of anilines is 1. The van der Waals surface area contributed by atoms with E-state index in [0.717, 1.165) is 12.1 Å². The van der Waals surface area contributed by atoms with Crippen LogP contribution in [0.3, 0.4) is 0 Å². The van der Waals surface area contributed by atoms with Gasteiger partial charge in [0, 0.05) is 7.05 Å². The molecule has 0 aliphatic carbocycles. The molecule has 0 aliphatic rings. The van der Waals surface area contributed by atoms with E-state index in [-0.39, 0.29) is 5.56 Å². The first-order chi connectivity index (χ1) is 13.8. The molecule has 0 aliphatic heterocycles. The summed E-state index contributed by atoms with van der Waals surface area (Å²) in [5, 5.41) is 7.03. The number of carbonyl (C=O) groups excluding carboxylic acids is 2. The van der Waals surface area contributed by atoms with Gasteiger partial charge in [0.15, 0.2) is 17.6 Å². The molecule has 0 bridgehead atoms. The predicted molar refractivity (Wildman–Crippen MR) is 110 cm³/mol. The van der Waals surface area contributed by atoms with Gasteiger partial charge in [-0.3, -0.25) is 9.48 Å². The summed E-state index contributed by atoms with van der Waals surface area (Å²) < 4.78 is 18.2. The van der Waals surface area contributed by atoms with Crippen molar-refractivity contribution < 1.29 is 23.8 Å². The molecule has 1 aromatic heterocycles. The number of ether oxygens (including phenoxy) is 3. The van der Waals surface area contributed by atoms with Crippen LogP contribution in [0.25, 0.3) is 0 Å². The molecular formula is C21H29N3O5. The largest absolute Gasteiger partial charge is 0.490 e. The van der Waals surface area contributed by atoms with Crippen molar-refractivity contribution in [2.45, 2.75) is 47.1 Å². The van der Waals surface area contributed by atoms with Crippen LogP contribution in [0, 0.1) is 13.8 Å². The monoisotopic (exact) mass is 403 g/mol. The van der Waals surface area contributed by atoms with Crippen LogP contribution in [0.2, 0.25) is 0 Å². The highest BCUT2D eigenvalue weighted by molar-refractivity contribution is 5.98. The minimum atomic E-state index is -0.979. The topological polar surface area (TPSA) is 91.7 Å². The molecule has 1 heterocycles. The van der Waals surface area contributed by atoms with Gasteiger partial charge < -0.3 is 19.5 Å². The number of hydrogen-bond acceptors (Lipinski definition) is 6. The molecule has 0 saturated carbocycles. The number of hydrogen-bond donors (Lipinski definition) is 1. The Hall–Kier alpha value is -3.03. The lowest BCUT2D eigenvalue weighted by Crippen LogP contribution is -2.30. The summed E-state index contributed by atoms with van der Waals surface area (Å²) in [6.07, 6.45) is -0.120. The second kappa shape index (κ2) is 9.95. The van der Waals surface area contributed by atoms with Gasteiger partial charge in [0.1, 0.15) is 0 Å². The zero-order chi connectivity index (χ0) is 21.6. The van der Waals surface area contributed by atoms with E-state index >= 15 is 0 Å². The summed E-state index contributed by atoms with van der Waals surface area (Å²) in [4.78, 5) is 25.0. The fraction of sp³-hybridized carbons (Fsp3) is 0.476. The first-order valence-electron chi connectivity index (χ1n) is 9.70. The van der Waals surface area contributed by atoms with Crippen LogP contribution in [0.15, 0.2) is 18.2 Å². The Morgan fingerprint density at radius 2 is 1.90 bits per heavy atom. The summed E-state index contributed by atoms with van der Waals surface area (Å²) in [5.74, 6) is -0.00607. The van der Waals surface area contributed by atoms with Crippen LogP contribution in [-0.4, -0.2) is 41.0 Å². The van der Waals surface area contributed by atoms with Crippen LogP contribution < -0.4 is 14.8 Å². The summed E-state index contributed by atoms with van der Waals surface area (Å²) in [6, 6.07) is 4.83. The Morgan fingerprint density at radius 3 is 2.48 bits per heavy atom. The average Bonchev–Trinajstić information content (AvgIpc) is 2.93. The zero-order valence-electron chi connectivity index (χ0n) is 17.9. The van der Waals surface area contributed by atoms with Gasteiger partial charge >= 0.3 is 5.97 Å². The number of aryl methyl sites for hydroxylation is 2. The van der Waals surface area contributed by atoms with Gasteiger partial charge in [-0.15, -0.1) is 0 Å². The third kappa shape index (κ3) is 5.49. The molecule has 2 rings (SSSR count). The molecule has 8 heteroatoms. The average molecular weight is 403 g/mol. The highest BCUT2D eigenvalue weighted by atomic mass is 16.5. The lowest BCUT2D eigenvalue weighted by atomic mass is 10.2. The lowest BCUT2D eigenvalue weighted by Gasteiger charge is -2.15. The smallest absolute Gasteiger partial charge is 0.339 e. The highest BCUT2D eigenvalue weighted by Crippen LogP contribution is 2.29. The van der Waals surface area contributed by atoms with Gasteiger partial charge in [0.2, 0.25) is 0 Å². The van der Waals surface area contributed by atoms with E-state index in [1.54, 1.807) is 36.9 Å². The first kappa shape index (κ1) is 22.3. The normalized spacial score (nSPS) is 11.7. The van der Waals surface area contributed by atoms with E-state index in [9.17, 15) is 9.59 Å². The number of benzene rings is 1. The van der Waals surface area contributed by atoms with Crippen molar-refractivity contribution in [2.24, 2.45) is 7.05 Å². The Balaban J connectivity index is 2.08. The number of carbonyl (C=O) groups is 2. The fourth-order valence-corrected chi connectivity index (χ4v) is 2.70. The summed E-state index contributed by atoms with van der Waals surface area (Å²) in [7, 11) is 1.80. The van der Waals surface area contributed by atoms with Crippen molar-refractivity contribution in [2.75, 3.05) is 18.5 Å². The molecule has 0 radical (unpaired) electrons. The minimum Gasteiger partial charge on any atom is -0.490 e. The highest BCUT2D eigenvalue weighted by Gasteiger charge is 2.22. The second-order valence-electron chi connectivity index (χ2n) is 6.65. The van der Waals surface area contributed by atoms with E-state index in [4.69, 9.17) is 14.2 Å². The molecule has 29 heavy (non-hydrogen) atoms. The molecule has 0 spiro atoms. The Kier molecular flexibility index (Phi) is 7.64. The first-order valence-corrected chi connectivity index (χ1v) is 9.70. The molecular weight excluding hydrogens is 374 g/mol. The Morgan fingerprint density at radius 1 is 1.17 bits per heavy atom. The van der Waals surface area contributed by atoms with Crippen molar-refractivity contribution >= 4 is 17.6 Å². The third-order valence-electron chi connectivity index (χ3n) is 4.35. The van der Waals surface area contributed by atoms with E-state index in [1.807, 2.05) is 20.8 Å². The van der Waals surface area contributed by atoms with Crippen LogP contribution in [0.4, 0.5) is 5.69 Å². The molecule has 0 unspecified atom stereocenters. The van der Waals surface area contributed by atoms with Crippen molar-refractivity contribution in [3.8, 4) is 11.5 Å². The molecule has 8 nitrogen and oxygen atoms in total. The van der Waals surface area contributed by atoms with Crippen molar-refractivity contribution in [3.63, 3.8) is 0 Å². The SMILES string of the molecule is CCCOc1ccc(C(=O)O[C@@H](C)C(=O)Nc2c(C)nn(C)c2C)cc1OCC. The van der Waals surface area contributed by atoms with Gasteiger partial charge in [-0.25, -0.2) is 4.79 Å². The predicted octanol–water partition coefficient (Wildman–Crippen LogP) is 3.41. The number of esters is 1. The van der Waals surface area contributed by atoms with Gasteiger partial charge in [-0.2, -0.15) is 5.10 Å². The second-order valence-corrected chi connectivity index (χ2v) is 6.65. The van der Waals surface area contributed by atoms with Crippen LogP contribution in [0.1, 0.15) is 48.9 Å². The lowest BCUT2D eigenvalue weighted by molar-refractivity contribution is -0.123. The maximum atomic E-state index is 12.5. The fourth-order valence-electron chi connectivity index (χ4n) is 2.70. The standard InChI is InChI=1S/C21H29N3O5/c1-7-11-28-17-10-9-16(12-18(17)27-8-2)21(26)29-15(5)20(25)22-19-13(3)23-24(6)14(19)4/h9-10,12,15H,7-8,11H2,1-6H3,(H,22,25)/t15-/m0/s1. The van der Waals surface area contributed by atoms with Crippen LogP contribution >= 0.6 is 0 Å². The van der Waals surface area contributed by atoms with Crippen LogP contribution in [-0.2, 0) is 16.6 Å². The summed E-state index contributed by atoms with van der Waals surface area (Å²) >= 11 is 0. The molecule has 0 saturated heterocycles. The van der Waals surface area contributed by atoms with Crippen molar-refractivity contribution in [1.29, 1.82) is 0 Å². The number of nitrogens with one attached hydrogen (secondary N) is 1. The Bertz CT molecular complexity index is 875. The van der Waals surface area contributed by atoms with E-state index in [1.165, 1.54) is 6.92 Å². The maximum absolute atomic E-state index is 12.5. The number of aromatic nitrogens is 2. The minimum absolute atomic E-state index is 0.283. The van der Waals surface area contributed by atoms with Crippen LogP contribution in [0.5, 0.6) is 11.5 Å². The quantitative estimate of drug-likeness (QED) is 0.645. The molecule has 2 aromatic rings. The molecule has 1 atom stereocenters. The van der Waals surface area contributed by atoms with Gasteiger partial charge in [0.25, 0.3) is 5.91 Å². The van der Waals surface area contributed by atoms with E-state index in [0.29, 0.717) is 36.1 Å². The number of nitrogens with zero attached hydrogens (tertiary/aromatic N) is 2. The van der Waals surface area contributed by atoms with E-state index < -0.39 is 18.0 Å². The van der Waals surface area contributed by atoms with Crippen molar-refractivity contribution in [1.82, 2.24) is 9.78 Å². The molecule has 1 N–H and O–H groups in total. The van der Waals surface area contributed by atoms with Crippen molar-refractivity contribution in [3.05, 3.63) is 35.2 Å². The number of rotatable bonds is 9. The summed E-state index contributed by atoms with van der Waals surface area (Å²) in [5.41, 5.74) is 2.42. The summed E-state index contributed by atoms with van der Waals surface area (Å²) in [6.45, 7) is 10.0. The zero-order valence-corrected chi connectivity index (χ0v) is 17.9. The molecule has 1 aromatic carbocycles. The van der Waals surface area contributed by atoms with Gasteiger partial charge in [-0.1, -0.05) is 6.92 Å². The third-order valence-corrected chi connectivity index (χ3v) is 4.35.